The molecule has 0 aliphatic rings. The van der Waals surface area contributed by atoms with Crippen LogP contribution in [-0.2, 0) is 0 Å². The number of hydrogen-bond acceptors (Lipinski definition) is 0. The van der Waals surface area contributed by atoms with Crippen molar-refractivity contribution >= 4 is 39.1 Å². The molecule has 0 aliphatic carbocycles. The van der Waals surface area contributed by atoms with Crippen LogP contribution in [0.4, 0.5) is 0 Å². The Morgan fingerprint density at radius 1 is 0.500 bits per heavy atom. The fraction of sp³-hybridized carbons (Fsp3) is 0.333. The Morgan fingerprint density at radius 3 is 1.00 bits per heavy atom. The van der Waals surface area contributed by atoms with E-state index in [9.17, 15) is 0 Å². The summed E-state index contributed by atoms with van der Waals surface area (Å²) in [5.41, 5.74) is 0. The molecule has 0 bridgehead atoms. The van der Waals surface area contributed by atoms with Crippen LogP contribution in [0.15, 0.2) is 60.7 Å². The van der Waals surface area contributed by atoms with Crippen molar-refractivity contribution in [3.63, 3.8) is 0 Å². The minimum Gasteiger partial charge on any atom is -0.0622 e. The first-order chi connectivity index (χ1) is 10.2. The average molecular weight is 368 g/mol. The van der Waals surface area contributed by atoms with Gasteiger partial charge >= 0.3 is 0 Å². The van der Waals surface area contributed by atoms with Gasteiger partial charge in [0.1, 0.15) is 0 Å². The highest BCUT2D eigenvalue weighted by atomic mass is 32.7. The molecule has 0 radical (unpaired) electrons. The van der Waals surface area contributed by atoms with E-state index in [1.165, 1.54) is 0 Å². The molecule has 2 rings (SSSR count). The maximum atomic E-state index is 2.54. The molecule has 2 aromatic carbocycles. The Labute approximate surface area is 140 Å². The molecule has 0 saturated heterocycles. The van der Waals surface area contributed by atoms with Crippen LogP contribution >= 0.6 is 28.5 Å². The van der Waals surface area contributed by atoms with Gasteiger partial charge in [0, 0.05) is 24.5 Å². The van der Waals surface area contributed by atoms with E-state index in [4.69, 9.17) is 0 Å². The average Bonchev–Trinajstić information content (AvgIpc) is 2.44. The molecule has 0 spiro atoms. The third kappa shape index (κ3) is 4.59. The predicted molar refractivity (Wildman–Crippen MR) is 115 cm³/mol. The normalized spacial score (nSPS) is 15.4. The van der Waals surface area contributed by atoms with Crippen molar-refractivity contribution in [3.8, 4) is 0 Å². The van der Waals surface area contributed by atoms with Gasteiger partial charge in [0.2, 0.25) is 0 Å². The van der Waals surface area contributed by atoms with Crippen LogP contribution < -0.4 is 10.6 Å². The van der Waals surface area contributed by atoms with Gasteiger partial charge in [-0.2, -0.15) is 0 Å². The second-order valence-corrected chi connectivity index (χ2v) is 31.0. The molecule has 0 aromatic heterocycles. The molecule has 0 amide bonds. The lowest BCUT2D eigenvalue weighted by atomic mass is 10.4. The van der Waals surface area contributed by atoms with E-state index in [-0.39, 0.29) is 14.6 Å². The van der Waals surface area contributed by atoms with Crippen LogP contribution in [0.25, 0.3) is 0 Å². The first-order valence-electron chi connectivity index (χ1n) is 7.55. The number of hydrogen-bond donors (Lipinski definition) is 0. The maximum absolute atomic E-state index is 2.54. The predicted octanol–water partition coefficient (Wildman–Crippen LogP) is 6.16. The van der Waals surface area contributed by atoms with E-state index in [0.29, 0.717) is 0 Å². The topological polar surface area (TPSA) is 0 Å². The summed E-state index contributed by atoms with van der Waals surface area (Å²) in [6, 6.07) is 22.7. The van der Waals surface area contributed by atoms with Crippen LogP contribution in [0.5, 0.6) is 0 Å². The number of benzene rings is 2. The van der Waals surface area contributed by atoms with Gasteiger partial charge in [-0.3, -0.25) is 0 Å². The van der Waals surface area contributed by atoms with Crippen LogP contribution in [0.3, 0.4) is 0 Å². The second-order valence-electron chi connectivity index (χ2n) is 7.13. The molecule has 4 heteroatoms. The highest BCUT2D eigenvalue weighted by Gasteiger charge is 2.51. The van der Waals surface area contributed by atoms with Crippen molar-refractivity contribution in [1.29, 1.82) is 0 Å². The SMILES string of the molecule is C[P+](C)(C)[P@](c1ccccc1)[P@](c1ccccc1)[P+](C)(C)C. The maximum Gasteiger partial charge on any atom is 0.155 e. The molecule has 0 N–H and O–H groups in total. The van der Waals surface area contributed by atoms with Gasteiger partial charge in [0.05, 0.1) is 40.0 Å². The zero-order valence-corrected chi connectivity index (χ0v) is 18.1. The molecule has 0 unspecified atom stereocenters. The fourth-order valence-corrected chi connectivity index (χ4v) is 40.3. The van der Waals surface area contributed by atoms with E-state index >= 15 is 0 Å². The molecule has 2 aromatic rings. The lowest BCUT2D eigenvalue weighted by Gasteiger charge is -2.34. The molecular formula is C18H28P4+2. The van der Waals surface area contributed by atoms with Gasteiger partial charge in [-0.1, -0.05) is 60.7 Å². The van der Waals surface area contributed by atoms with E-state index in [0.717, 1.165) is 0 Å². The Balaban J connectivity index is 2.60. The van der Waals surface area contributed by atoms with Crippen molar-refractivity contribution < 1.29 is 0 Å². The van der Waals surface area contributed by atoms with Crippen LogP contribution in [0.1, 0.15) is 0 Å². The van der Waals surface area contributed by atoms with Gasteiger partial charge < -0.3 is 0 Å². The van der Waals surface area contributed by atoms with Gasteiger partial charge in [0.15, 0.2) is 14.6 Å². The molecule has 0 fully saturated rings. The smallest absolute Gasteiger partial charge is 0.0622 e. The molecule has 118 valence electrons. The van der Waals surface area contributed by atoms with Gasteiger partial charge in [-0.15, -0.1) is 0 Å². The summed E-state index contributed by atoms with van der Waals surface area (Å²) < 4.78 is 0. The van der Waals surface area contributed by atoms with E-state index in [1.54, 1.807) is 10.6 Å². The van der Waals surface area contributed by atoms with Crippen molar-refractivity contribution in [3.05, 3.63) is 60.7 Å². The molecule has 2 atom stereocenters. The van der Waals surface area contributed by atoms with Gasteiger partial charge in [-0.25, -0.2) is 0 Å². The standard InChI is InChI=1S/C18H28P4/c1-21(2,3)19(17-13-9-7-10-14-17)20(22(4,5)6)18-15-11-8-12-16-18/h7-16H,1-6H3/q+2/t19-,20+. The van der Waals surface area contributed by atoms with E-state index in [1.807, 2.05) is 0 Å². The Bertz CT molecular complexity index is 526. The zero-order chi connectivity index (χ0) is 16.4. The first-order valence-corrected chi connectivity index (χ1v) is 18.6. The highest BCUT2D eigenvalue weighted by molar-refractivity contribution is 8.84. The highest BCUT2D eigenvalue weighted by Crippen LogP contribution is 3.02. The third-order valence-electron chi connectivity index (χ3n) is 3.29. The summed E-state index contributed by atoms with van der Waals surface area (Å²) in [7, 11) is -0.199. The molecule has 0 saturated carbocycles. The lowest BCUT2D eigenvalue weighted by Crippen LogP contribution is -2.09. The molecule has 0 nitrogen and oxygen atoms in total. The van der Waals surface area contributed by atoms with Gasteiger partial charge in [-0.05, 0) is 0 Å². The summed E-state index contributed by atoms with van der Waals surface area (Å²) in [5.74, 6) is 0. The van der Waals surface area contributed by atoms with E-state index in [2.05, 4.69) is 101 Å². The van der Waals surface area contributed by atoms with Gasteiger partial charge in [0.25, 0.3) is 0 Å². The molecule has 22 heavy (non-hydrogen) atoms. The largest absolute Gasteiger partial charge is 0.155 e. The van der Waals surface area contributed by atoms with E-state index < -0.39 is 13.9 Å². The van der Waals surface area contributed by atoms with Crippen molar-refractivity contribution in [2.45, 2.75) is 0 Å². The summed E-state index contributed by atoms with van der Waals surface area (Å²) in [4.78, 5) is 0. The fourth-order valence-electron chi connectivity index (χ4n) is 2.54. The minimum atomic E-state index is -0.944. The summed E-state index contributed by atoms with van der Waals surface area (Å²) in [5, 5.41) is 3.23. The minimum absolute atomic E-state index is 0.0993. The summed E-state index contributed by atoms with van der Waals surface area (Å²) in [6.07, 6.45) is 0. The Kier molecular flexibility index (Phi) is 6.20. The van der Waals surface area contributed by atoms with Crippen molar-refractivity contribution in [2.75, 3.05) is 40.0 Å². The Morgan fingerprint density at radius 2 is 0.773 bits per heavy atom. The summed E-state index contributed by atoms with van der Waals surface area (Å²) in [6.45, 7) is 13.4. The molecular weight excluding hydrogens is 340 g/mol. The Hall–Kier alpha value is 0.160. The molecule has 0 aliphatic heterocycles. The van der Waals surface area contributed by atoms with Crippen LogP contribution in [0, 0.1) is 0 Å². The molecule has 0 heterocycles. The van der Waals surface area contributed by atoms with Crippen molar-refractivity contribution in [1.82, 2.24) is 0 Å². The quantitative estimate of drug-likeness (QED) is 0.555. The monoisotopic (exact) mass is 368 g/mol. The third-order valence-corrected chi connectivity index (χ3v) is 32.3. The lowest BCUT2D eigenvalue weighted by molar-refractivity contribution is 1.77. The second kappa shape index (κ2) is 7.37. The zero-order valence-electron chi connectivity index (χ0n) is 14.6. The van der Waals surface area contributed by atoms with Crippen LogP contribution in [-0.4, -0.2) is 40.0 Å². The first kappa shape index (κ1) is 18.5. The van der Waals surface area contributed by atoms with Crippen LogP contribution in [0.2, 0.25) is 0 Å². The van der Waals surface area contributed by atoms with Crippen molar-refractivity contribution in [2.24, 2.45) is 0 Å². The number of rotatable bonds is 5. The summed E-state index contributed by atoms with van der Waals surface area (Å²) >= 11 is 0.